The van der Waals surface area contributed by atoms with Crippen molar-refractivity contribution < 1.29 is 9.90 Å². The van der Waals surface area contributed by atoms with Crippen LogP contribution in [-0.2, 0) is 11.3 Å². The van der Waals surface area contributed by atoms with Crippen molar-refractivity contribution in [3.8, 4) is 0 Å². The molecule has 1 amide bonds. The van der Waals surface area contributed by atoms with Crippen LogP contribution < -0.4 is 5.32 Å². The number of carbonyl (C=O) groups is 1. The van der Waals surface area contributed by atoms with E-state index in [-0.39, 0.29) is 12.3 Å². The third-order valence-electron chi connectivity index (χ3n) is 4.89. The Morgan fingerprint density at radius 1 is 0.885 bits per heavy atom. The second-order valence-electron chi connectivity index (χ2n) is 7.44. The predicted octanol–water partition coefficient (Wildman–Crippen LogP) is 5.75. The Labute approximate surface area is 160 Å². The predicted molar refractivity (Wildman–Crippen MR) is 110 cm³/mol. The molecule has 0 saturated heterocycles. The van der Waals surface area contributed by atoms with Crippen molar-refractivity contribution in [1.29, 1.82) is 0 Å². The van der Waals surface area contributed by atoms with Crippen LogP contribution in [0, 0.1) is 0 Å². The lowest BCUT2D eigenvalue weighted by molar-refractivity contribution is -0.123. The molecule has 2 N–H and O–H groups in total. The van der Waals surface area contributed by atoms with Crippen molar-refractivity contribution >= 4 is 5.91 Å². The first kappa shape index (κ1) is 22.7. The highest BCUT2D eigenvalue weighted by atomic mass is 16.3. The zero-order valence-corrected chi connectivity index (χ0v) is 16.7. The van der Waals surface area contributed by atoms with E-state index in [1.54, 1.807) is 0 Å². The first-order valence-electron chi connectivity index (χ1n) is 10.7. The SMILES string of the molecule is CCCCCCCCCCCCCC(O)CC(=O)NCc1ccccc1. The maximum absolute atomic E-state index is 11.9. The second-order valence-corrected chi connectivity index (χ2v) is 7.44. The monoisotopic (exact) mass is 361 g/mol. The van der Waals surface area contributed by atoms with Crippen LogP contribution in [0.4, 0.5) is 0 Å². The lowest BCUT2D eigenvalue weighted by Crippen LogP contribution is -2.27. The zero-order chi connectivity index (χ0) is 18.9. The molecule has 3 heteroatoms. The van der Waals surface area contributed by atoms with Gasteiger partial charge in [0.05, 0.1) is 12.5 Å². The van der Waals surface area contributed by atoms with Gasteiger partial charge in [-0.1, -0.05) is 108 Å². The van der Waals surface area contributed by atoms with Gasteiger partial charge in [-0.15, -0.1) is 0 Å². The molecule has 0 heterocycles. The summed E-state index contributed by atoms with van der Waals surface area (Å²) in [6.45, 7) is 2.79. The molecule has 0 radical (unpaired) electrons. The zero-order valence-electron chi connectivity index (χ0n) is 16.7. The maximum atomic E-state index is 11.9. The number of carbonyl (C=O) groups excluding carboxylic acids is 1. The van der Waals surface area contributed by atoms with Crippen LogP contribution in [-0.4, -0.2) is 17.1 Å². The quantitative estimate of drug-likeness (QED) is 0.368. The maximum Gasteiger partial charge on any atom is 0.222 e. The van der Waals surface area contributed by atoms with Crippen molar-refractivity contribution in [3.05, 3.63) is 35.9 Å². The Morgan fingerprint density at radius 2 is 1.42 bits per heavy atom. The minimum Gasteiger partial charge on any atom is -0.393 e. The molecule has 1 atom stereocenters. The molecule has 0 saturated carbocycles. The lowest BCUT2D eigenvalue weighted by Gasteiger charge is -2.11. The van der Waals surface area contributed by atoms with Crippen molar-refractivity contribution in [1.82, 2.24) is 5.32 Å². The summed E-state index contributed by atoms with van der Waals surface area (Å²) in [5, 5.41) is 12.9. The van der Waals surface area contributed by atoms with E-state index in [1.165, 1.54) is 64.2 Å². The smallest absolute Gasteiger partial charge is 0.222 e. The largest absolute Gasteiger partial charge is 0.393 e. The Hall–Kier alpha value is -1.35. The van der Waals surface area contributed by atoms with E-state index in [9.17, 15) is 9.90 Å². The fourth-order valence-electron chi connectivity index (χ4n) is 3.23. The van der Waals surface area contributed by atoms with E-state index in [0.29, 0.717) is 6.54 Å². The van der Waals surface area contributed by atoms with Gasteiger partial charge in [0.2, 0.25) is 5.91 Å². The molecule has 1 unspecified atom stereocenters. The number of hydrogen-bond donors (Lipinski definition) is 2. The van der Waals surface area contributed by atoms with E-state index < -0.39 is 6.10 Å². The van der Waals surface area contributed by atoms with Gasteiger partial charge in [0.15, 0.2) is 0 Å². The van der Waals surface area contributed by atoms with Gasteiger partial charge in [0.1, 0.15) is 0 Å². The third-order valence-corrected chi connectivity index (χ3v) is 4.89. The molecule has 1 rings (SSSR count). The highest BCUT2D eigenvalue weighted by Gasteiger charge is 2.10. The molecule has 0 bridgehead atoms. The Balaban J connectivity index is 1.90. The molecule has 148 valence electrons. The van der Waals surface area contributed by atoms with E-state index in [0.717, 1.165) is 18.4 Å². The Bertz CT molecular complexity index is 447. The molecule has 0 fully saturated rings. The molecule has 0 aromatic heterocycles. The van der Waals surface area contributed by atoms with E-state index in [2.05, 4.69) is 12.2 Å². The summed E-state index contributed by atoms with van der Waals surface area (Å²) in [5.74, 6) is -0.0653. The summed E-state index contributed by atoms with van der Waals surface area (Å²) >= 11 is 0. The Kier molecular flexibility index (Phi) is 13.8. The fraction of sp³-hybridized carbons (Fsp3) is 0.696. The highest BCUT2D eigenvalue weighted by molar-refractivity contribution is 5.76. The summed E-state index contributed by atoms with van der Waals surface area (Å²) in [7, 11) is 0. The second kappa shape index (κ2) is 15.9. The number of aliphatic hydroxyl groups is 1. The van der Waals surface area contributed by atoms with Gasteiger partial charge in [-0.05, 0) is 12.0 Å². The van der Waals surface area contributed by atoms with Crippen LogP contribution in [0.2, 0.25) is 0 Å². The number of benzene rings is 1. The molecule has 0 spiro atoms. The van der Waals surface area contributed by atoms with Crippen molar-refractivity contribution in [2.75, 3.05) is 0 Å². The van der Waals surface area contributed by atoms with Crippen LogP contribution in [0.1, 0.15) is 96.0 Å². The minimum absolute atomic E-state index is 0.0653. The minimum atomic E-state index is -0.510. The van der Waals surface area contributed by atoms with Gasteiger partial charge in [0.25, 0.3) is 0 Å². The fourth-order valence-corrected chi connectivity index (χ4v) is 3.23. The summed E-state index contributed by atoms with van der Waals surface area (Å²) in [6.07, 6.45) is 14.8. The number of nitrogens with one attached hydrogen (secondary N) is 1. The van der Waals surface area contributed by atoms with E-state index in [1.807, 2.05) is 30.3 Å². The van der Waals surface area contributed by atoms with Crippen LogP contribution in [0.25, 0.3) is 0 Å². The van der Waals surface area contributed by atoms with Crippen LogP contribution >= 0.6 is 0 Å². The lowest BCUT2D eigenvalue weighted by atomic mass is 10.0. The Morgan fingerprint density at radius 3 is 2.00 bits per heavy atom. The molecule has 0 aliphatic carbocycles. The third kappa shape index (κ3) is 12.9. The normalized spacial score (nSPS) is 12.1. The molecule has 26 heavy (non-hydrogen) atoms. The van der Waals surface area contributed by atoms with Crippen LogP contribution in [0.5, 0.6) is 0 Å². The molecule has 3 nitrogen and oxygen atoms in total. The molecule has 1 aromatic carbocycles. The van der Waals surface area contributed by atoms with Gasteiger partial charge in [-0.2, -0.15) is 0 Å². The van der Waals surface area contributed by atoms with E-state index >= 15 is 0 Å². The highest BCUT2D eigenvalue weighted by Crippen LogP contribution is 2.13. The average Bonchev–Trinajstić information content (AvgIpc) is 2.65. The van der Waals surface area contributed by atoms with Crippen molar-refractivity contribution in [2.24, 2.45) is 0 Å². The molecule has 0 aliphatic rings. The first-order chi connectivity index (χ1) is 12.7. The van der Waals surface area contributed by atoms with E-state index in [4.69, 9.17) is 0 Å². The number of aliphatic hydroxyl groups excluding tert-OH is 1. The van der Waals surface area contributed by atoms with Crippen LogP contribution in [0.15, 0.2) is 30.3 Å². The van der Waals surface area contributed by atoms with Gasteiger partial charge < -0.3 is 10.4 Å². The number of unbranched alkanes of at least 4 members (excludes halogenated alkanes) is 10. The van der Waals surface area contributed by atoms with Crippen LogP contribution in [0.3, 0.4) is 0 Å². The van der Waals surface area contributed by atoms with Crippen molar-refractivity contribution in [2.45, 2.75) is 103 Å². The van der Waals surface area contributed by atoms with Crippen molar-refractivity contribution in [3.63, 3.8) is 0 Å². The number of amides is 1. The van der Waals surface area contributed by atoms with Gasteiger partial charge in [0, 0.05) is 6.54 Å². The molecular formula is C23H39NO2. The number of hydrogen-bond acceptors (Lipinski definition) is 2. The summed E-state index contributed by atoms with van der Waals surface area (Å²) in [6, 6.07) is 9.86. The first-order valence-corrected chi connectivity index (χ1v) is 10.7. The number of rotatable bonds is 16. The standard InChI is InChI=1S/C23H39NO2/c1-2-3-4-5-6-7-8-9-10-11-15-18-22(25)19-23(26)24-20-21-16-13-12-14-17-21/h12-14,16-17,22,25H,2-11,15,18-20H2,1H3,(H,24,26). The van der Waals surface area contributed by atoms with Gasteiger partial charge in [-0.25, -0.2) is 0 Å². The molecule has 1 aromatic rings. The van der Waals surface area contributed by atoms with Gasteiger partial charge in [-0.3, -0.25) is 4.79 Å². The summed E-state index contributed by atoms with van der Waals surface area (Å²) in [4.78, 5) is 11.9. The molecule has 0 aliphatic heterocycles. The summed E-state index contributed by atoms with van der Waals surface area (Å²) in [5.41, 5.74) is 1.08. The van der Waals surface area contributed by atoms with Gasteiger partial charge >= 0.3 is 0 Å². The molecular weight excluding hydrogens is 322 g/mol. The average molecular weight is 362 g/mol. The topological polar surface area (TPSA) is 49.3 Å². The summed E-state index contributed by atoms with van der Waals surface area (Å²) < 4.78 is 0.